The molecule has 1 aliphatic rings. The van der Waals surface area contributed by atoms with E-state index in [4.69, 9.17) is 38.7 Å². The zero-order valence-corrected chi connectivity index (χ0v) is 21.9. The number of anilines is 3. The first-order valence-electron chi connectivity index (χ1n) is 11.8. The summed E-state index contributed by atoms with van der Waals surface area (Å²) in [6.07, 6.45) is 0.278. The third kappa shape index (κ3) is 4.87. The Labute approximate surface area is 223 Å². The SMILES string of the molecule is COc1cc(N2CCNCC2)ccc1Nc1nc(Cc2c(Cl)cccc2Cl)n2c(C)nnc2c1C(N)=O. The van der Waals surface area contributed by atoms with E-state index in [1.165, 1.54) is 0 Å². The summed E-state index contributed by atoms with van der Waals surface area (Å²) in [5.41, 5.74) is 8.57. The molecule has 0 radical (unpaired) electrons. The summed E-state index contributed by atoms with van der Waals surface area (Å²) < 4.78 is 7.37. The van der Waals surface area contributed by atoms with Crippen LogP contribution < -0.4 is 26.0 Å². The maximum absolute atomic E-state index is 12.6. The van der Waals surface area contributed by atoms with Crippen LogP contribution in [0.1, 0.15) is 27.6 Å². The molecule has 5 rings (SSSR count). The molecule has 12 heteroatoms. The number of hydrogen-bond donors (Lipinski definition) is 3. The lowest BCUT2D eigenvalue weighted by Crippen LogP contribution is -2.43. The minimum absolute atomic E-state index is 0.114. The number of nitrogens with zero attached hydrogens (tertiary/aromatic N) is 5. The second-order valence-electron chi connectivity index (χ2n) is 8.65. The molecule has 37 heavy (non-hydrogen) atoms. The topological polar surface area (TPSA) is 123 Å². The normalized spacial score (nSPS) is 13.7. The van der Waals surface area contributed by atoms with Crippen LogP contribution in [0, 0.1) is 6.92 Å². The van der Waals surface area contributed by atoms with Gasteiger partial charge in [0, 0.05) is 54.4 Å². The molecule has 1 saturated heterocycles. The van der Waals surface area contributed by atoms with E-state index in [0.717, 1.165) is 31.9 Å². The van der Waals surface area contributed by atoms with Crippen LogP contribution in [0.4, 0.5) is 17.2 Å². The summed E-state index contributed by atoms with van der Waals surface area (Å²) in [5.74, 6) is 1.23. The number of ether oxygens (including phenoxy) is 1. The van der Waals surface area contributed by atoms with Crippen LogP contribution in [0.3, 0.4) is 0 Å². The quantitative estimate of drug-likeness (QED) is 0.325. The Hall–Kier alpha value is -3.60. The molecule has 192 valence electrons. The Kier molecular flexibility index (Phi) is 7.05. The maximum atomic E-state index is 12.6. The molecular weight excluding hydrogens is 515 g/mol. The van der Waals surface area contributed by atoms with Crippen LogP contribution in [0.2, 0.25) is 10.0 Å². The predicted molar refractivity (Wildman–Crippen MR) is 145 cm³/mol. The number of hydrogen-bond acceptors (Lipinski definition) is 8. The van der Waals surface area contributed by atoms with Crippen molar-refractivity contribution in [3.05, 3.63) is 69.2 Å². The fraction of sp³-hybridized carbons (Fsp3) is 0.280. The highest BCUT2D eigenvalue weighted by atomic mass is 35.5. The number of aromatic nitrogens is 4. The molecule has 1 fully saturated rings. The molecule has 0 aliphatic carbocycles. The zero-order chi connectivity index (χ0) is 26.1. The van der Waals surface area contributed by atoms with Crippen molar-refractivity contribution in [2.24, 2.45) is 5.73 Å². The second-order valence-corrected chi connectivity index (χ2v) is 9.46. The van der Waals surface area contributed by atoms with Gasteiger partial charge in [-0.2, -0.15) is 0 Å². The van der Waals surface area contributed by atoms with Gasteiger partial charge in [0.2, 0.25) is 0 Å². The van der Waals surface area contributed by atoms with Gasteiger partial charge in [-0.05, 0) is 36.8 Å². The number of carbonyl (C=O) groups excluding carboxylic acids is 1. The summed E-state index contributed by atoms with van der Waals surface area (Å²) in [5, 5.41) is 16.0. The molecule has 1 amide bonds. The molecule has 2 aromatic heterocycles. The van der Waals surface area contributed by atoms with Gasteiger partial charge in [-0.15, -0.1) is 10.2 Å². The number of rotatable bonds is 7. The van der Waals surface area contributed by atoms with Gasteiger partial charge in [0.1, 0.15) is 28.8 Å². The van der Waals surface area contributed by atoms with E-state index < -0.39 is 5.91 Å². The van der Waals surface area contributed by atoms with E-state index >= 15 is 0 Å². The van der Waals surface area contributed by atoms with Crippen LogP contribution in [0.15, 0.2) is 36.4 Å². The number of nitrogens with two attached hydrogens (primary N) is 1. The first-order chi connectivity index (χ1) is 17.9. The largest absolute Gasteiger partial charge is 0.494 e. The van der Waals surface area contributed by atoms with Crippen molar-refractivity contribution in [2.45, 2.75) is 13.3 Å². The average molecular weight is 541 g/mol. The monoisotopic (exact) mass is 540 g/mol. The number of carbonyl (C=O) groups is 1. The molecular formula is C25H26Cl2N8O2. The Morgan fingerprint density at radius 3 is 2.57 bits per heavy atom. The molecule has 4 N–H and O–H groups in total. The van der Waals surface area contributed by atoms with Gasteiger partial charge in [0.25, 0.3) is 5.91 Å². The fourth-order valence-electron chi connectivity index (χ4n) is 4.50. The van der Waals surface area contributed by atoms with Crippen molar-refractivity contribution in [1.29, 1.82) is 0 Å². The van der Waals surface area contributed by atoms with Crippen LogP contribution in [0.5, 0.6) is 5.75 Å². The molecule has 0 saturated carbocycles. The highest BCUT2D eigenvalue weighted by molar-refractivity contribution is 6.36. The van der Waals surface area contributed by atoms with E-state index in [0.29, 0.717) is 38.7 Å². The van der Waals surface area contributed by atoms with Crippen molar-refractivity contribution in [3.63, 3.8) is 0 Å². The summed E-state index contributed by atoms with van der Waals surface area (Å²) in [4.78, 5) is 19.7. The molecule has 0 unspecified atom stereocenters. The standard InChI is InChI=1S/C25H26Cl2N8O2/c1-14-32-33-25-22(23(28)36)24(31-21(35(14)25)13-16-17(26)4-3-5-18(16)27)30-19-7-6-15(12-20(19)37-2)34-10-8-29-9-11-34/h3-7,12,29-30H,8-11,13H2,1-2H3,(H2,28,36). The highest BCUT2D eigenvalue weighted by Gasteiger charge is 2.24. The van der Waals surface area contributed by atoms with Gasteiger partial charge in [-0.25, -0.2) is 4.98 Å². The summed E-state index contributed by atoms with van der Waals surface area (Å²) in [6, 6.07) is 11.2. The van der Waals surface area contributed by atoms with Crippen molar-refractivity contribution >= 4 is 51.9 Å². The number of benzene rings is 2. The minimum atomic E-state index is -0.689. The molecule has 0 spiro atoms. The highest BCUT2D eigenvalue weighted by Crippen LogP contribution is 2.34. The number of methoxy groups -OCH3 is 1. The molecule has 0 atom stereocenters. The lowest BCUT2D eigenvalue weighted by Gasteiger charge is -2.30. The number of primary amides is 1. The number of aryl methyl sites for hydroxylation is 1. The molecule has 4 aromatic rings. The lowest BCUT2D eigenvalue weighted by molar-refractivity contribution is 0.100. The summed E-state index contributed by atoms with van der Waals surface area (Å²) in [7, 11) is 1.60. The third-order valence-corrected chi connectivity index (χ3v) is 7.06. The molecule has 3 heterocycles. The Bertz CT molecular complexity index is 1460. The first kappa shape index (κ1) is 25.1. The lowest BCUT2D eigenvalue weighted by atomic mass is 10.1. The molecule has 0 bridgehead atoms. The maximum Gasteiger partial charge on any atom is 0.256 e. The van der Waals surface area contributed by atoms with Gasteiger partial charge in [-0.3, -0.25) is 9.20 Å². The number of amides is 1. The second kappa shape index (κ2) is 10.4. The van der Waals surface area contributed by atoms with E-state index in [1.54, 1.807) is 36.6 Å². The fourth-order valence-corrected chi connectivity index (χ4v) is 5.03. The van der Waals surface area contributed by atoms with Crippen LogP contribution in [0.25, 0.3) is 5.65 Å². The minimum Gasteiger partial charge on any atom is -0.494 e. The van der Waals surface area contributed by atoms with Crippen molar-refractivity contribution in [3.8, 4) is 5.75 Å². The number of fused-ring (bicyclic) bond motifs is 1. The van der Waals surface area contributed by atoms with Gasteiger partial charge < -0.3 is 26.0 Å². The molecule has 10 nitrogen and oxygen atoms in total. The van der Waals surface area contributed by atoms with Crippen molar-refractivity contribution in [1.82, 2.24) is 24.9 Å². The Morgan fingerprint density at radius 1 is 1.16 bits per heavy atom. The predicted octanol–water partition coefficient (Wildman–Crippen LogP) is 3.59. The van der Waals surface area contributed by atoms with Gasteiger partial charge in [0.15, 0.2) is 5.65 Å². The van der Waals surface area contributed by atoms with E-state index in [2.05, 4.69) is 25.7 Å². The summed E-state index contributed by atoms with van der Waals surface area (Å²) >= 11 is 12.9. The van der Waals surface area contributed by atoms with Crippen molar-refractivity contribution in [2.75, 3.05) is 43.5 Å². The number of nitrogens with one attached hydrogen (secondary N) is 2. The van der Waals surface area contributed by atoms with Crippen LogP contribution in [-0.2, 0) is 6.42 Å². The smallest absolute Gasteiger partial charge is 0.256 e. The Morgan fingerprint density at radius 2 is 1.89 bits per heavy atom. The van der Waals surface area contributed by atoms with Gasteiger partial charge in [0.05, 0.1) is 12.8 Å². The number of piperazine rings is 1. The third-order valence-electron chi connectivity index (χ3n) is 6.35. The first-order valence-corrected chi connectivity index (χ1v) is 12.5. The van der Waals surface area contributed by atoms with Gasteiger partial charge >= 0.3 is 0 Å². The molecule has 1 aliphatic heterocycles. The average Bonchev–Trinajstić information content (AvgIpc) is 3.28. The van der Waals surface area contributed by atoms with E-state index in [1.807, 2.05) is 18.2 Å². The Balaban J connectivity index is 1.60. The van der Waals surface area contributed by atoms with Crippen molar-refractivity contribution < 1.29 is 9.53 Å². The van der Waals surface area contributed by atoms with Crippen LogP contribution >= 0.6 is 23.2 Å². The summed E-state index contributed by atoms with van der Waals surface area (Å²) in [6.45, 7) is 5.42. The van der Waals surface area contributed by atoms with Crippen LogP contribution in [-0.4, -0.2) is 58.8 Å². The van der Waals surface area contributed by atoms with E-state index in [-0.39, 0.29) is 23.4 Å². The molecule has 2 aromatic carbocycles. The number of halogens is 2. The zero-order valence-electron chi connectivity index (χ0n) is 20.4. The van der Waals surface area contributed by atoms with E-state index in [9.17, 15) is 4.79 Å². The van der Waals surface area contributed by atoms with Gasteiger partial charge in [-0.1, -0.05) is 29.3 Å².